The molecule has 3 rings (SSSR count). The molecule has 90 valence electrons. The highest BCUT2D eigenvalue weighted by atomic mass is 32.1. The van der Waals surface area contributed by atoms with Gasteiger partial charge in [0.1, 0.15) is 0 Å². The summed E-state index contributed by atoms with van der Waals surface area (Å²) in [6.07, 6.45) is 5.33. The first-order chi connectivity index (χ1) is 8.43. The third kappa shape index (κ3) is 2.53. The molecule has 1 saturated heterocycles. The number of nitrogens with one attached hydrogen (secondary N) is 1. The first kappa shape index (κ1) is 11.2. The highest BCUT2D eigenvalue weighted by molar-refractivity contribution is 7.17. The molecule has 1 aromatic carbocycles. The molecule has 1 atom stereocenters. The summed E-state index contributed by atoms with van der Waals surface area (Å²) in [6, 6.07) is 8.81. The van der Waals surface area contributed by atoms with Crippen LogP contribution >= 0.6 is 11.3 Å². The van der Waals surface area contributed by atoms with Crippen molar-refractivity contribution in [1.29, 1.82) is 0 Å². The first-order valence-corrected chi connectivity index (χ1v) is 7.47. The molecule has 1 fully saturated rings. The Morgan fingerprint density at radius 1 is 1.18 bits per heavy atom. The van der Waals surface area contributed by atoms with Gasteiger partial charge < -0.3 is 5.32 Å². The number of fused-ring (bicyclic) bond motifs is 1. The minimum Gasteiger partial charge on any atom is -0.317 e. The van der Waals surface area contributed by atoms with Crippen molar-refractivity contribution >= 4 is 21.4 Å². The highest BCUT2D eigenvalue weighted by Gasteiger charge is 2.14. The summed E-state index contributed by atoms with van der Waals surface area (Å²) in [4.78, 5) is 0. The van der Waals surface area contributed by atoms with Crippen molar-refractivity contribution in [2.45, 2.75) is 25.7 Å². The maximum Gasteiger partial charge on any atom is 0.0345 e. The lowest BCUT2D eigenvalue weighted by Gasteiger charge is -2.12. The van der Waals surface area contributed by atoms with Gasteiger partial charge in [0, 0.05) is 4.70 Å². The summed E-state index contributed by atoms with van der Waals surface area (Å²) in [7, 11) is 0. The van der Waals surface area contributed by atoms with Gasteiger partial charge in [-0.25, -0.2) is 0 Å². The fourth-order valence-corrected chi connectivity index (χ4v) is 3.77. The topological polar surface area (TPSA) is 12.0 Å². The van der Waals surface area contributed by atoms with Gasteiger partial charge in [0.2, 0.25) is 0 Å². The van der Waals surface area contributed by atoms with Crippen LogP contribution in [0.5, 0.6) is 0 Å². The molecular formula is C15H19NS. The minimum absolute atomic E-state index is 0.878. The van der Waals surface area contributed by atoms with E-state index >= 15 is 0 Å². The summed E-state index contributed by atoms with van der Waals surface area (Å²) in [5.41, 5.74) is 1.57. The largest absolute Gasteiger partial charge is 0.317 e. The average molecular weight is 245 g/mol. The normalized spacial score (nSPS) is 21.5. The van der Waals surface area contributed by atoms with Gasteiger partial charge in [0.25, 0.3) is 0 Å². The van der Waals surface area contributed by atoms with E-state index in [-0.39, 0.29) is 0 Å². The van der Waals surface area contributed by atoms with Crippen LogP contribution in [0.1, 0.15) is 24.8 Å². The molecule has 0 saturated carbocycles. The van der Waals surface area contributed by atoms with Crippen LogP contribution in [0.15, 0.2) is 29.6 Å². The predicted octanol–water partition coefficient (Wildman–Crippen LogP) is 3.83. The van der Waals surface area contributed by atoms with Crippen molar-refractivity contribution in [3.63, 3.8) is 0 Å². The fourth-order valence-electron chi connectivity index (χ4n) is 2.80. The van der Waals surface area contributed by atoms with E-state index < -0.39 is 0 Å². The van der Waals surface area contributed by atoms with Gasteiger partial charge in [0.05, 0.1) is 0 Å². The number of benzene rings is 1. The second kappa shape index (κ2) is 5.19. The molecule has 0 aliphatic carbocycles. The Morgan fingerprint density at radius 3 is 3.12 bits per heavy atom. The molecule has 1 aliphatic heterocycles. The summed E-state index contributed by atoms with van der Waals surface area (Å²) >= 11 is 1.89. The molecular weight excluding hydrogens is 226 g/mol. The van der Waals surface area contributed by atoms with Crippen molar-refractivity contribution < 1.29 is 0 Å². The van der Waals surface area contributed by atoms with Crippen molar-refractivity contribution in [3.8, 4) is 0 Å². The lowest BCUT2D eigenvalue weighted by molar-refractivity contribution is 0.472. The van der Waals surface area contributed by atoms with E-state index in [4.69, 9.17) is 0 Å². The monoisotopic (exact) mass is 245 g/mol. The van der Waals surface area contributed by atoms with Crippen LogP contribution in [0.2, 0.25) is 0 Å². The molecule has 2 heterocycles. The van der Waals surface area contributed by atoms with Gasteiger partial charge in [-0.3, -0.25) is 0 Å². The third-order valence-electron chi connectivity index (χ3n) is 3.77. The van der Waals surface area contributed by atoms with Crippen LogP contribution in [0.25, 0.3) is 10.1 Å². The van der Waals surface area contributed by atoms with Crippen molar-refractivity contribution in [1.82, 2.24) is 5.32 Å². The van der Waals surface area contributed by atoms with Gasteiger partial charge in [-0.15, -0.1) is 11.3 Å². The summed E-state index contributed by atoms with van der Waals surface area (Å²) in [5.74, 6) is 0.878. The highest BCUT2D eigenvalue weighted by Crippen LogP contribution is 2.29. The van der Waals surface area contributed by atoms with E-state index in [1.54, 1.807) is 5.56 Å². The quantitative estimate of drug-likeness (QED) is 0.848. The van der Waals surface area contributed by atoms with E-state index in [2.05, 4.69) is 35.0 Å². The van der Waals surface area contributed by atoms with Crippen LogP contribution < -0.4 is 5.32 Å². The van der Waals surface area contributed by atoms with Gasteiger partial charge in [0.15, 0.2) is 0 Å². The number of thiophene rings is 1. The zero-order valence-corrected chi connectivity index (χ0v) is 10.9. The Balaban J connectivity index is 1.79. The van der Waals surface area contributed by atoms with Crippen LogP contribution in [0, 0.1) is 5.92 Å². The summed E-state index contributed by atoms with van der Waals surface area (Å²) in [6.45, 7) is 2.41. The summed E-state index contributed by atoms with van der Waals surface area (Å²) in [5, 5.41) is 7.34. The van der Waals surface area contributed by atoms with Gasteiger partial charge in [-0.1, -0.05) is 18.2 Å². The molecule has 0 amide bonds. The standard InChI is InChI=1S/C15H19NS/c1-2-6-15-14(5-1)13(11-17-15)10-12-4-3-8-16-9-7-12/h1-2,5-6,11-12,16H,3-4,7-10H2. The second-order valence-electron chi connectivity index (χ2n) is 5.01. The fraction of sp³-hybridized carbons (Fsp3) is 0.467. The molecule has 1 unspecified atom stereocenters. The van der Waals surface area contributed by atoms with E-state index in [1.165, 1.54) is 48.9 Å². The summed E-state index contributed by atoms with van der Waals surface area (Å²) < 4.78 is 1.44. The minimum atomic E-state index is 0.878. The Kier molecular flexibility index (Phi) is 3.44. The molecule has 2 aromatic rings. The molecule has 1 N–H and O–H groups in total. The van der Waals surface area contributed by atoms with Crippen molar-refractivity contribution in [2.75, 3.05) is 13.1 Å². The van der Waals surface area contributed by atoms with Crippen molar-refractivity contribution in [3.05, 3.63) is 35.2 Å². The SMILES string of the molecule is c1ccc2c(CC3CCCNCC3)csc2c1. The van der Waals surface area contributed by atoms with Gasteiger partial charge in [-0.05, 0) is 67.1 Å². The van der Waals surface area contributed by atoms with Crippen molar-refractivity contribution in [2.24, 2.45) is 5.92 Å². The van der Waals surface area contributed by atoms with Crippen LogP contribution in [-0.4, -0.2) is 13.1 Å². The second-order valence-corrected chi connectivity index (χ2v) is 5.92. The van der Waals surface area contributed by atoms with Gasteiger partial charge in [-0.2, -0.15) is 0 Å². The number of rotatable bonds is 2. The molecule has 0 radical (unpaired) electrons. The molecule has 0 spiro atoms. The lowest BCUT2D eigenvalue weighted by atomic mass is 9.92. The van der Waals surface area contributed by atoms with E-state index in [0.717, 1.165) is 5.92 Å². The zero-order chi connectivity index (χ0) is 11.5. The zero-order valence-electron chi connectivity index (χ0n) is 10.1. The van der Waals surface area contributed by atoms with Crippen LogP contribution in [0.3, 0.4) is 0 Å². The molecule has 0 bridgehead atoms. The van der Waals surface area contributed by atoms with E-state index in [0.29, 0.717) is 0 Å². The lowest BCUT2D eigenvalue weighted by Crippen LogP contribution is -2.14. The molecule has 1 nitrogen and oxygen atoms in total. The average Bonchev–Trinajstić information content (AvgIpc) is 2.59. The van der Waals surface area contributed by atoms with Crippen LogP contribution in [0.4, 0.5) is 0 Å². The molecule has 1 aliphatic rings. The molecule has 1 aromatic heterocycles. The van der Waals surface area contributed by atoms with E-state index in [1.807, 2.05) is 11.3 Å². The number of hydrogen-bond acceptors (Lipinski definition) is 2. The van der Waals surface area contributed by atoms with Gasteiger partial charge >= 0.3 is 0 Å². The first-order valence-electron chi connectivity index (χ1n) is 6.59. The Bertz CT molecular complexity index is 480. The smallest absolute Gasteiger partial charge is 0.0345 e. The Morgan fingerprint density at radius 2 is 2.12 bits per heavy atom. The maximum absolute atomic E-state index is 3.50. The molecule has 17 heavy (non-hydrogen) atoms. The predicted molar refractivity (Wildman–Crippen MR) is 75.7 cm³/mol. The Labute approximate surface area is 107 Å². The third-order valence-corrected chi connectivity index (χ3v) is 4.78. The molecule has 2 heteroatoms. The van der Waals surface area contributed by atoms with E-state index in [9.17, 15) is 0 Å². The van der Waals surface area contributed by atoms with Crippen LogP contribution in [-0.2, 0) is 6.42 Å². The Hall–Kier alpha value is -0.860. The maximum atomic E-state index is 3.50. The number of hydrogen-bond donors (Lipinski definition) is 1.